The molecule has 6 heteroatoms. The fourth-order valence-electron chi connectivity index (χ4n) is 1.62. The Bertz CT molecular complexity index is 432. The van der Waals surface area contributed by atoms with E-state index in [1.165, 1.54) is 4.88 Å². The maximum Gasteiger partial charge on any atom is 0.407 e. The molecule has 2 N–H and O–H groups in total. The molecule has 1 rings (SSSR count). The summed E-state index contributed by atoms with van der Waals surface area (Å²) in [6, 6.07) is 0. The van der Waals surface area contributed by atoms with Gasteiger partial charge in [-0.2, -0.15) is 0 Å². The van der Waals surface area contributed by atoms with Gasteiger partial charge in [0.25, 0.3) is 0 Å². The van der Waals surface area contributed by atoms with Crippen molar-refractivity contribution in [3.05, 3.63) is 15.6 Å². The number of aromatic nitrogens is 1. The van der Waals surface area contributed by atoms with E-state index in [0.717, 1.165) is 10.7 Å². The lowest BCUT2D eigenvalue weighted by Gasteiger charge is -2.21. The Labute approximate surface area is 124 Å². The second-order valence-corrected chi connectivity index (χ2v) is 7.17. The number of hydrogen-bond acceptors (Lipinski definition) is 5. The van der Waals surface area contributed by atoms with Crippen LogP contribution in [-0.2, 0) is 11.2 Å². The quantitative estimate of drug-likeness (QED) is 0.876. The summed E-state index contributed by atoms with van der Waals surface area (Å²) in [5.41, 5.74) is 0.518. The normalized spacial score (nSPS) is 13.1. The highest BCUT2D eigenvalue weighted by atomic mass is 32.1. The number of alkyl carbamates (subject to hydrolysis) is 1. The lowest BCUT2D eigenvalue weighted by atomic mass is 10.1. The number of nitrogens with one attached hydrogen (secondary N) is 1. The standard InChI is InChI=1S/C14H24N2O3S/c1-9-10(2)20-12(16-9)6-11(8-17)7-15-13(18)19-14(3,4)5/h11,17H,6-8H2,1-5H3,(H,15,18). The maximum atomic E-state index is 11.6. The number of amides is 1. The van der Waals surface area contributed by atoms with Crippen molar-refractivity contribution >= 4 is 17.4 Å². The molecule has 0 saturated heterocycles. The smallest absolute Gasteiger partial charge is 0.407 e. The number of thiazole rings is 1. The number of nitrogens with zero attached hydrogens (tertiary/aromatic N) is 1. The third kappa shape index (κ3) is 5.88. The molecule has 20 heavy (non-hydrogen) atoms. The zero-order valence-electron chi connectivity index (χ0n) is 12.8. The van der Waals surface area contributed by atoms with Gasteiger partial charge in [-0.25, -0.2) is 9.78 Å². The van der Waals surface area contributed by atoms with Gasteiger partial charge in [-0.3, -0.25) is 0 Å². The fraction of sp³-hybridized carbons (Fsp3) is 0.714. The van der Waals surface area contributed by atoms with Crippen molar-refractivity contribution in [2.75, 3.05) is 13.2 Å². The summed E-state index contributed by atoms with van der Waals surface area (Å²) < 4.78 is 5.16. The first kappa shape index (κ1) is 16.9. The van der Waals surface area contributed by atoms with E-state index < -0.39 is 11.7 Å². The number of carbonyl (C=O) groups is 1. The minimum Gasteiger partial charge on any atom is -0.444 e. The third-order valence-electron chi connectivity index (χ3n) is 2.73. The number of aliphatic hydroxyl groups is 1. The van der Waals surface area contributed by atoms with Gasteiger partial charge >= 0.3 is 6.09 Å². The Balaban J connectivity index is 2.45. The van der Waals surface area contributed by atoms with Gasteiger partial charge < -0.3 is 15.2 Å². The first-order valence-corrected chi connectivity index (χ1v) is 7.53. The zero-order chi connectivity index (χ0) is 15.3. The predicted molar refractivity (Wildman–Crippen MR) is 80.1 cm³/mol. The molecule has 0 bridgehead atoms. The molecule has 0 radical (unpaired) electrons. The molecule has 0 spiro atoms. The second-order valence-electron chi connectivity index (χ2n) is 5.88. The summed E-state index contributed by atoms with van der Waals surface area (Å²) in [4.78, 5) is 17.2. The molecule has 1 atom stereocenters. The molecule has 0 aliphatic carbocycles. The van der Waals surface area contributed by atoms with Crippen LogP contribution in [0.2, 0.25) is 0 Å². The maximum absolute atomic E-state index is 11.6. The summed E-state index contributed by atoms with van der Waals surface area (Å²) >= 11 is 1.64. The van der Waals surface area contributed by atoms with Gasteiger partial charge in [0.05, 0.1) is 10.7 Å². The van der Waals surface area contributed by atoms with Gasteiger partial charge in [0.2, 0.25) is 0 Å². The number of hydrogen-bond donors (Lipinski definition) is 2. The van der Waals surface area contributed by atoms with E-state index in [0.29, 0.717) is 13.0 Å². The average molecular weight is 300 g/mol. The monoisotopic (exact) mass is 300 g/mol. The molecule has 0 aliphatic heterocycles. The van der Waals surface area contributed by atoms with Crippen molar-refractivity contribution in [1.29, 1.82) is 0 Å². The van der Waals surface area contributed by atoms with Crippen LogP contribution in [0.1, 0.15) is 36.3 Å². The number of aryl methyl sites for hydroxylation is 2. The largest absolute Gasteiger partial charge is 0.444 e. The minimum absolute atomic E-state index is 0.00741. The Hall–Kier alpha value is -1.14. The van der Waals surface area contributed by atoms with Crippen molar-refractivity contribution in [1.82, 2.24) is 10.3 Å². The number of carbonyl (C=O) groups excluding carboxylic acids is 1. The van der Waals surface area contributed by atoms with E-state index in [2.05, 4.69) is 10.3 Å². The van der Waals surface area contributed by atoms with Crippen LogP contribution in [0.4, 0.5) is 4.79 Å². The van der Waals surface area contributed by atoms with E-state index in [1.54, 1.807) is 11.3 Å². The molecule has 114 valence electrons. The molecule has 0 fully saturated rings. The van der Waals surface area contributed by atoms with Crippen LogP contribution in [0, 0.1) is 19.8 Å². The SMILES string of the molecule is Cc1nc(CC(CO)CNC(=O)OC(C)(C)C)sc1C. The molecule has 1 aromatic heterocycles. The topological polar surface area (TPSA) is 71.5 Å². The molecule has 5 nitrogen and oxygen atoms in total. The van der Waals surface area contributed by atoms with Gasteiger partial charge in [0.15, 0.2) is 0 Å². The molecular weight excluding hydrogens is 276 g/mol. The van der Waals surface area contributed by atoms with E-state index in [9.17, 15) is 9.90 Å². The van der Waals surface area contributed by atoms with Crippen LogP contribution in [0.25, 0.3) is 0 Å². The van der Waals surface area contributed by atoms with E-state index in [4.69, 9.17) is 4.74 Å². The van der Waals surface area contributed by atoms with Gasteiger partial charge in [0, 0.05) is 30.4 Å². The summed E-state index contributed by atoms with van der Waals surface area (Å²) in [6.45, 7) is 9.84. The van der Waals surface area contributed by atoms with Gasteiger partial charge in [-0.05, 0) is 34.6 Å². The Morgan fingerprint density at radius 3 is 2.55 bits per heavy atom. The van der Waals surface area contributed by atoms with Crippen LogP contribution in [-0.4, -0.2) is 34.9 Å². The first-order valence-electron chi connectivity index (χ1n) is 6.72. The minimum atomic E-state index is -0.512. The number of ether oxygens (including phenoxy) is 1. The zero-order valence-corrected chi connectivity index (χ0v) is 13.6. The van der Waals surface area contributed by atoms with Crippen molar-refractivity contribution in [2.45, 2.75) is 46.6 Å². The summed E-state index contributed by atoms with van der Waals surface area (Å²) in [5, 5.41) is 13.1. The van der Waals surface area contributed by atoms with Crippen LogP contribution in [0.15, 0.2) is 0 Å². The van der Waals surface area contributed by atoms with Crippen molar-refractivity contribution < 1.29 is 14.6 Å². The Morgan fingerprint density at radius 1 is 1.45 bits per heavy atom. The highest BCUT2D eigenvalue weighted by Crippen LogP contribution is 2.19. The van der Waals surface area contributed by atoms with Crippen LogP contribution < -0.4 is 5.32 Å². The average Bonchev–Trinajstić information content (AvgIpc) is 2.61. The molecule has 1 unspecified atom stereocenters. The molecular formula is C14H24N2O3S. The lowest BCUT2D eigenvalue weighted by Crippen LogP contribution is -2.36. The Kier molecular flexibility index (Phi) is 5.95. The predicted octanol–water partition coefficient (Wildman–Crippen LogP) is 2.44. The molecule has 1 heterocycles. The van der Waals surface area contributed by atoms with Crippen LogP contribution >= 0.6 is 11.3 Å². The van der Waals surface area contributed by atoms with Crippen molar-refractivity contribution in [3.63, 3.8) is 0 Å². The van der Waals surface area contributed by atoms with Crippen molar-refractivity contribution in [2.24, 2.45) is 5.92 Å². The van der Waals surface area contributed by atoms with Gasteiger partial charge in [-0.15, -0.1) is 11.3 Å². The highest BCUT2D eigenvalue weighted by molar-refractivity contribution is 7.11. The summed E-state index contributed by atoms with van der Waals surface area (Å²) in [6.07, 6.45) is 0.202. The second kappa shape index (κ2) is 7.04. The summed E-state index contributed by atoms with van der Waals surface area (Å²) in [7, 11) is 0. The van der Waals surface area contributed by atoms with E-state index in [-0.39, 0.29) is 12.5 Å². The van der Waals surface area contributed by atoms with Crippen LogP contribution in [0.5, 0.6) is 0 Å². The molecule has 0 aliphatic rings. The molecule has 1 amide bonds. The number of rotatable bonds is 5. The van der Waals surface area contributed by atoms with E-state index in [1.807, 2.05) is 34.6 Å². The van der Waals surface area contributed by atoms with Crippen molar-refractivity contribution in [3.8, 4) is 0 Å². The Morgan fingerprint density at radius 2 is 2.10 bits per heavy atom. The van der Waals surface area contributed by atoms with Gasteiger partial charge in [-0.1, -0.05) is 0 Å². The van der Waals surface area contributed by atoms with Crippen LogP contribution in [0.3, 0.4) is 0 Å². The molecule has 0 aromatic carbocycles. The van der Waals surface area contributed by atoms with Gasteiger partial charge in [0.1, 0.15) is 5.60 Å². The fourth-order valence-corrected chi connectivity index (χ4v) is 2.66. The summed E-state index contributed by atoms with van der Waals surface area (Å²) in [5.74, 6) is -0.0486. The molecule has 1 aromatic rings. The molecule has 0 saturated carbocycles. The first-order chi connectivity index (χ1) is 9.21. The third-order valence-corrected chi connectivity index (χ3v) is 3.82. The van der Waals surface area contributed by atoms with E-state index >= 15 is 0 Å². The number of aliphatic hydroxyl groups excluding tert-OH is 1. The highest BCUT2D eigenvalue weighted by Gasteiger charge is 2.18. The lowest BCUT2D eigenvalue weighted by molar-refractivity contribution is 0.0512.